The zero-order chi connectivity index (χ0) is 14.8. The van der Waals surface area contributed by atoms with E-state index in [0.717, 1.165) is 30.9 Å². The van der Waals surface area contributed by atoms with E-state index in [1.54, 1.807) is 6.26 Å². The number of rotatable bonds is 10. The average Bonchev–Trinajstić information content (AvgIpc) is 2.82. The van der Waals surface area contributed by atoms with Crippen LogP contribution in [0.1, 0.15) is 51.9 Å². The summed E-state index contributed by atoms with van der Waals surface area (Å²) < 4.78 is 16.6. The third kappa shape index (κ3) is 7.68. The maximum Gasteiger partial charge on any atom is 0.123 e. The molecule has 0 saturated heterocycles. The van der Waals surface area contributed by atoms with Crippen LogP contribution in [0.3, 0.4) is 0 Å². The maximum absolute atomic E-state index is 5.62. The van der Waals surface area contributed by atoms with E-state index in [4.69, 9.17) is 13.9 Å². The van der Waals surface area contributed by atoms with Crippen molar-refractivity contribution in [2.45, 2.75) is 59.2 Å². The van der Waals surface area contributed by atoms with Gasteiger partial charge < -0.3 is 19.2 Å². The molecule has 1 aromatic heterocycles. The molecule has 0 atom stereocenters. The summed E-state index contributed by atoms with van der Waals surface area (Å²) in [5.74, 6) is 0.951. The second-order valence-electron chi connectivity index (χ2n) is 5.99. The first kappa shape index (κ1) is 17.2. The van der Waals surface area contributed by atoms with Gasteiger partial charge in [-0.05, 0) is 33.3 Å². The van der Waals surface area contributed by atoms with Crippen molar-refractivity contribution in [2.75, 3.05) is 19.8 Å². The van der Waals surface area contributed by atoms with E-state index in [0.29, 0.717) is 19.8 Å². The van der Waals surface area contributed by atoms with Crippen molar-refractivity contribution in [3.05, 3.63) is 23.7 Å². The molecule has 0 aliphatic carbocycles. The van der Waals surface area contributed by atoms with Gasteiger partial charge in [0.25, 0.3) is 0 Å². The van der Waals surface area contributed by atoms with Gasteiger partial charge in [-0.3, -0.25) is 0 Å². The molecular weight excluding hydrogens is 254 g/mol. The Bertz CT molecular complexity index is 355. The van der Waals surface area contributed by atoms with E-state index < -0.39 is 0 Å². The molecule has 1 N–H and O–H groups in total. The highest BCUT2D eigenvalue weighted by Gasteiger charge is 2.12. The Balaban J connectivity index is 2.19. The fourth-order valence-electron chi connectivity index (χ4n) is 1.64. The largest absolute Gasteiger partial charge is 0.468 e. The highest BCUT2D eigenvalue weighted by molar-refractivity contribution is 5.16. The van der Waals surface area contributed by atoms with Crippen LogP contribution in [0.5, 0.6) is 0 Å². The minimum absolute atomic E-state index is 0.0814. The van der Waals surface area contributed by atoms with Crippen molar-refractivity contribution in [3.63, 3.8) is 0 Å². The van der Waals surface area contributed by atoms with Crippen LogP contribution < -0.4 is 5.32 Å². The lowest BCUT2D eigenvalue weighted by atomic mass is 10.1. The Hall–Kier alpha value is -0.840. The van der Waals surface area contributed by atoms with Gasteiger partial charge in [0.2, 0.25) is 0 Å². The maximum atomic E-state index is 5.62. The Morgan fingerprint density at radius 1 is 1.15 bits per heavy atom. The summed E-state index contributed by atoms with van der Waals surface area (Å²) in [6.07, 6.45) is 4.00. The van der Waals surface area contributed by atoms with Crippen LogP contribution in [0.25, 0.3) is 0 Å². The molecule has 0 aromatic carbocycles. The molecule has 0 amide bonds. The van der Waals surface area contributed by atoms with Crippen molar-refractivity contribution in [1.29, 1.82) is 0 Å². The van der Waals surface area contributed by atoms with Crippen LogP contribution in [0.15, 0.2) is 16.7 Å². The topological polar surface area (TPSA) is 43.6 Å². The Morgan fingerprint density at radius 3 is 2.60 bits per heavy atom. The third-order valence-corrected chi connectivity index (χ3v) is 2.89. The van der Waals surface area contributed by atoms with E-state index in [9.17, 15) is 0 Å². The number of hydrogen-bond acceptors (Lipinski definition) is 4. The van der Waals surface area contributed by atoms with E-state index in [-0.39, 0.29) is 5.54 Å². The second kappa shape index (κ2) is 9.16. The van der Waals surface area contributed by atoms with Crippen LogP contribution in [0.2, 0.25) is 0 Å². The average molecular weight is 283 g/mol. The monoisotopic (exact) mass is 283 g/mol. The smallest absolute Gasteiger partial charge is 0.123 e. The third-order valence-electron chi connectivity index (χ3n) is 2.89. The normalized spacial score (nSPS) is 12.0. The van der Waals surface area contributed by atoms with Gasteiger partial charge in [0.15, 0.2) is 0 Å². The number of ether oxygens (including phenoxy) is 2. The van der Waals surface area contributed by atoms with Gasteiger partial charge >= 0.3 is 0 Å². The molecule has 1 aromatic rings. The lowest BCUT2D eigenvalue weighted by molar-refractivity contribution is 0.0391. The molecule has 4 heteroatoms. The van der Waals surface area contributed by atoms with Crippen molar-refractivity contribution >= 4 is 0 Å². The van der Waals surface area contributed by atoms with Crippen LogP contribution in [-0.4, -0.2) is 25.4 Å². The van der Waals surface area contributed by atoms with Gasteiger partial charge in [0.05, 0.1) is 32.6 Å². The lowest BCUT2D eigenvalue weighted by Crippen LogP contribution is -2.35. The van der Waals surface area contributed by atoms with Crippen LogP contribution in [-0.2, 0) is 22.6 Å². The molecular formula is C16H29NO3. The van der Waals surface area contributed by atoms with Crippen molar-refractivity contribution < 1.29 is 13.9 Å². The van der Waals surface area contributed by atoms with Crippen LogP contribution >= 0.6 is 0 Å². The standard InChI is InChI=1S/C16H29NO3/c1-5-6-8-18-10-11-19-13-14-7-9-20-15(14)12-17-16(2,3)4/h7,9,17H,5-6,8,10-13H2,1-4H3. The molecule has 0 aliphatic rings. The van der Waals surface area contributed by atoms with E-state index in [1.807, 2.05) is 6.07 Å². The molecule has 0 aliphatic heterocycles. The summed E-state index contributed by atoms with van der Waals surface area (Å²) in [6.45, 7) is 12.0. The molecule has 0 spiro atoms. The SMILES string of the molecule is CCCCOCCOCc1ccoc1CNC(C)(C)C. The molecule has 0 unspecified atom stereocenters. The Kier molecular flexibility index (Phi) is 7.88. The van der Waals surface area contributed by atoms with Crippen LogP contribution in [0.4, 0.5) is 0 Å². The van der Waals surface area contributed by atoms with Gasteiger partial charge in [0, 0.05) is 17.7 Å². The number of furan rings is 1. The van der Waals surface area contributed by atoms with Gasteiger partial charge in [-0.25, -0.2) is 0 Å². The number of unbranched alkanes of at least 4 members (excludes halogenated alkanes) is 1. The number of nitrogens with one attached hydrogen (secondary N) is 1. The van der Waals surface area contributed by atoms with Gasteiger partial charge in [-0.15, -0.1) is 0 Å². The predicted octanol–water partition coefficient (Wildman–Crippen LogP) is 3.50. The first-order chi connectivity index (χ1) is 9.53. The summed E-state index contributed by atoms with van der Waals surface area (Å²) in [4.78, 5) is 0. The van der Waals surface area contributed by atoms with E-state index in [2.05, 4.69) is 33.0 Å². The highest BCUT2D eigenvalue weighted by atomic mass is 16.5. The summed E-state index contributed by atoms with van der Waals surface area (Å²) in [5, 5.41) is 3.42. The summed E-state index contributed by atoms with van der Waals surface area (Å²) in [7, 11) is 0. The minimum Gasteiger partial charge on any atom is -0.468 e. The van der Waals surface area contributed by atoms with Crippen molar-refractivity contribution in [2.24, 2.45) is 0 Å². The van der Waals surface area contributed by atoms with Crippen molar-refractivity contribution in [1.82, 2.24) is 5.32 Å². The molecule has 0 bridgehead atoms. The van der Waals surface area contributed by atoms with Crippen molar-refractivity contribution in [3.8, 4) is 0 Å². The second-order valence-corrected chi connectivity index (χ2v) is 5.99. The number of hydrogen-bond donors (Lipinski definition) is 1. The lowest BCUT2D eigenvalue weighted by Gasteiger charge is -2.20. The predicted molar refractivity (Wildman–Crippen MR) is 80.7 cm³/mol. The first-order valence-electron chi connectivity index (χ1n) is 7.48. The summed E-state index contributed by atoms with van der Waals surface area (Å²) in [5.41, 5.74) is 1.19. The molecule has 0 fully saturated rings. The first-order valence-corrected chi connectivity index (χ1v) is 7.48. The van der Waals surface area contributed by atoms with Gasteiger partial charge in [-0.1, -0.05) is 13.3 Å². The summed E-state index contributed by atoms with van der Waals surface area (Å²) >= 11 is 0. The highest BCUT2D eigenvalue weighted by Crippen LogP contribution is 2.13. The van der Waals surface area contributed by atoms with Gasteiger partial charge in [-0.2, -0.15) is 0 Å². The molecule has 4 nitrogen and oxygen atoms in total. The van der Waals surface area contributed by atoms with E-state index in [1.165, 1.54) is 6.42 Å². The zero-order valence-electron chi connectivity index (χ0n) is 13.3. The fraction of sp³-hybridized carbons (Fsp3) is 0.750. The summed E-state index contributed by atoms with van der Waals surface area (Å²) in [6, 6.07) is 1.97. The van der Waals surface area contributed by atoms with Gasteiger partial charge in [0.1, 0.15) is 5.76 Å². The van der Waals surface area contributed by atoms with Crippen LogP contribution in [0, 0.1) is 0 Å². The molecule has 20 heavy (non-hydrogen) atoms. The molecule has 1 heterocycles. The zero-order valence-corrected chi connectivity index (χ0v) is 13.3. The molecule has 116 valence electrons. The quantitative estimate of drug-likeness (QED) is 0.667. The molecule has 0 radical (unpaired) electrons. The fourth-order valence-corrected chi connectivity index (χ4v) is 1.64. The Labute approximate surface area is 122 Å². The Morgan fingerprint density at radius 2 is 1.90 bits per heavy atom. The minimum atomic E-state index is 0.0814. The molecule has 1 rings (SSSR count). The molecule has 0 saturated carbocycles. The van der Waals surface area contributed by atoms with E-state index >= 15 is 0 Å².